The largest absolute Gasteiger partial charge is 0.454 e. The lowest BCUT2D eigenvalue weighted by molar-refractivity contribution is -0.120. The first-order valence-corrected chi connectivity index (χ1v) is 13.1. The summed E-state index contributed by atoms with van der Waals surface area (Å²) in [6.07, 6.45) is 4.71. The summed E-state index contributed by atoms with van der Waals surface area (Å²) in [5, 5.41) is 3.84. The number of aromatic nitrogens is 2. The summed E-state index contributed by atoms with van der Waals surface area (Å²) in [6.45, 7) is 8.85. The summed E-state index contributed by atoms with van der Waals surface area (Å²) in [7, 11) is 0. The van der Waals surface area contributed by atoms with Crippen molar-refractivity contribution in [2.24, 2.45) is 5.92 Å². The maximum Gasteiger partial charge on any atom is 0.263 e. The van der Waals surface area contributed by atoms with Crippen molar-refractivity contribution in [1.82, 2.24) is 14.9 Å². The molecule has 5 rings (SSSR count). The molecule has 1 aliphatic carbocycles. The summed E-state index contributed by atoms with van der Waals surface area (Å²) in [4.78, 5) is 33.2. The van der Waals surface area contributed by atoms with Crippen molar-refractivity contribution >= 4 is 39.2 Å². The molecule has 1 N–H and O–H groups in total. The zero-order valence-electron chi connectivity index (χ0n) is 19.3. The highest BCUT2D eigenvalue weighted by Crippen LogP contribution is 2.37. The summed E-state index contributed by atoms with van der Waals surface area (Å²) in [5.74, 6) is 1.90. The van der Waals surface area contributed by atoms with Crippen molar-refractivity contribution in [1.29, 1.82) is 0 Å². The fourth-order valence-electron chi connectivity index (χ4n) is 4.38. The Kier molecular flexibility index (Phi) is 6.40. The molecule has 0 radical (unpaired) electrons. The SMILES string of the molecule is C=CCn1c(SC(C)C(=O)NCc2ccc3c(c2)OCO3)nc2sc3c(c2c1=O)CCC(C)C3. The van der Waals surface area contributed by atoms with Gasteiger partial charge in [-0.15, -0.1) is 17.9 Å². The first-order chi connectivity index (χ1) is 16.4. The Bertz CT molecular complexity index is 1330. The van der Waals surface area contributed by atoms with Gasteiger partial charge in [0, 0.05) is 18.0 Å². The Morgan fingerprint density at radius 3 is 3.06 bits per heavy atom. The number of hydrogen-bond donors (Lipinski definition) is 1. The first-order valence-electron chi connectivity index (χ1n) is 11.4. The summed E-state index contributed by atoms with van der Waals surface area (Å²) >= 11 is 2.93. The number of amides is 1. The molecule has 3 aromatic rings. The van der Waals surface area contributed by atoms with Crippen LogP contribution in [-0.4, -0.2) is 27.5 Å². The van der Waals surface area contributed by atoms with Crippen LogP contribution in [0, 0.1) is 5.92 Å². The van der Waals surface area contributed by atoms with E-state index in [9.17, 15) is 9.59 Å². The van der Waals surface area contributed by atoms with Crippen LogP contribution in [0.2, 0.25) is 0 Å². The van der Waals surface area contributed by atoms with E-state index >= 15 is 0 Å². The lowest BCUT2D eigenvalue weighted by Gasteiger charge is -2.18. The van der Waals surface area contributed by atoms with Crippen LogP contribution >= 0.6 is 23.1 Å². The van der Waals surface area contributed by atoms with Gasteiger partial charge in [-0.25, -0.2) is 4.98 Å². The fraction of sp³-hybridized carbons (Fsp3) is 0.400. The van der Waals surface area contributed by atoms with E-state index in [-0.39, 0.29) is 18.3 Å². The molecule has 1 aliphatic heterocycles. The molecular weight excluding hydrogens is 470 g/mol. The lowest BCUT2D eigenvalue weighted by atomic mass is 9.89. The highest BCUT2D eigenvalue weighted by Gasteiger charge is 2.26. The van der Waals surface area contributed by atoms with Gasteiger partial charge in [0.1, 0.15) is 4.83 Å². The number of thiophene rings is 1. The molecular formula is C25H27N3O4S2. The van der Waals surface area contributed by atoms with Crippen LogP contribution in [0.3, 0.4) is 0 Å². The second-order valence-electron chi connectivity index (χ2n) is 8.80. The topological polar surface area (TPSA) is 82.5 Å². The smallest absolute Gasteiger partial charge is 0.263 e. The minimum Gasteiger partial charge on any atom is -0.454 e. The van der Waals surface area contributed by atoms with Gasteiger partial charge >= 0.3 is 0 Å². The minimum atomic E-state index is -0.427. The van der Waals surface area contributed by atoms with Gasteiger partial charge in [-0.1, -0.05) is 30.8 Å². The zero-order valence-corrected chi connectivity index (χ0v) is 20.9. The van der Waals surface area contributed by atoms with Gasteiger partial charge in [0.15, 0.2) is 16.7 Å². The maximum absolute atomic E-state index is 13.5. The van der Waals surface area contributed by atoms with Crippen molar-refractivity contribution in [3.05, 3.63) is 57.2 Å². The molecule has 0 spiro atoms. The van der Waals surface area contributed by atoms with Crippen LogP contribution in [0.5, 0.6) is 11.5 Å². The second-order valence-corrected chi connectivity index (χ2v) is 11.2. The minimum absolute atomic E-state index is 0.0348. The van der Waals surface area contributed by atoms with Crippen LogP contribution < -0.4 is 20.3 Å². The molecule has 178 valence electrons. The maximum atomic E-state index is 13.5. The Hall–Kier alpha value is -2.78. The number of nitrogens with zero attached hydrogens (tertiary/aromatic N) is 2. The predicted molar refractivity (Wildman–Crippen MR) is 135 cm³/mol. The number of fused-ring (bicyclic) bond motifs is 4. The van der Waals surface area contributed by atoms with E-state index in [0.29, 0.717) is 35.7 Å². The molecule has 2 unspecified atom stereocenters. The molecule has 0 saturated heterocycles. The highest BCUT2D eigenvalue weighted by molar-refractivity contribution is 8.00. The van der Waals surface area contributed by atoms with Crippen molar-refractivity contribution in [2.45, 2.75) is 56.6 Å². The third-order valence-electron chi connectivity index (χ3n) is 6.25. The third-order valence-corrected chi connectivity index (χ3v) is 8.49. The summed E-state index contributed by atoms with van der Waals surface area (Å²) < 4.78 is 12.4. The monoisotopic (exact) mass is 497 g/mol. The molecule has 2 aliphatic rings. The highest BCUT2D eigenvalue weighted by atomic mass is 32.2. The Morgan fingerprint density at radius 2 is 2.24 bits per heavy atom. The van der Waals surface area contributed by atoms with E-state index in [2.05, 4.69) is 18.8 Å². The van der Waals surface area contributed by atoms with Crippen LogP contribution in [0.4, 0.5) is 0 Å². The summed E-state index contributed by atoms with van der Waals surface area (Å²) in [5.41, 5.74) is 2.06. The van der Waals surface area contributed by atoms with E-state index < -0.39 is 5.25 Å². The van der Waals surface area contributed by atoms with E-state index in [1.807, 2.05) is 25.1 Å². The normalized spacial score (nSPS) is 17.4. The van der Waals surface area contributed by atoms with Gasteiger partial charge in [0.05, 0.1) is 10.6 Å². The molecule has 34 heavy (non-hydrogen) atoms. The zero-order chi connectivity index (χ0) is 23.8. The van der Waals surface area contributed by atoms with Crippen molar-refractivity contribution in [2.75, 3.05) is 6.79 Å². The number of hydrogen-bond acceptors (Lipinski definition) is 7. The number of benzene rings is 1. The van der Waals surface area contributed by atoms with Gasteiger partial charge in [0.2, 0.25) is 12.7 Å². The summed E-state index contributed by atoms with van der Waals surface area (Å²) in [6, 6.07) is 5.62. The molecule has 0 fully saturated rings. The van der Waals surface area contributed by atoms with Crippen LogP contribution in [0.1, 0.15) is 36.3 Å². The van der Waals surface area contributed by atoms with Crippen molar-refractivity contribution in [3.63, 3.8) is 0 Å². The van der Waals surface area contributed by atoms with Gasteiger partial charge in [-0.3, -0.25) is 14.2 Å². The van der Waals surface area contributed by atoms with Crippen LogP contribution in [-0.2, 0) is 30.7 Å². The average molecular weight is 498 g/mol. The van der Waals surface area contributed by atoms with E-state index in [4.69, 9.17) is 14.5 Å². The Labute approximate surface area is 206 Å². The number of nitrogens with one attached hydrogen (secondary N) is 1. The number of carbonyl (C=O) groups excluding carboxylic acids is 1. The molecule has 9 heteroatoms. The number of carbonyl (C=O) groups is 1. The molecule has 3 heterocycles. The quantitative estimate of drug-likeness (QED) is 0.298. The molecule has 1 aromatic carbocycles. The third kappa shape index (κ3) is 4.34. The van der Waals surface area contributed by atoms with E-state index in [0.717, 1.165) is 35.0 Å². The molecule has 1 amide bonds. The number of thioether (sulfide) groups is 1. The molecule has 2 aromatic heterocycles. The molecule has 2 atom stereocenters. The van der Waals surface area contributed by atoms with Gasteiger partial charge < -0.3 is 14.8 Å². The molecule has 0 saturated carbocycles. The van der Waals surface area contributed by atoms with Gasteiger partial charge in [-0.2, -0.15) is 0 Å². The number of ether oxygens (including phenoxy) is 2. The van der Waals surface area contributed by atoms with Crippen molar-refractivity contribution in [3.8, 4) is 11.5 Å². The van der Waals surface area contributed by atoms with E-state index in [1.54, 1.807) is 22.0 Å². The fourth-order valence-corrected chi connectivity index (χ4v) is 6.75. The molecule has 0 bridgehead atoms. The van der Waals surface area contributed by atoms with Crippen LogP contribution in [0.25, 0.3) is 10.2 Å². The van der Waals surface area contributed by atoms with Crippen LogP contribution in [0.15, 0.2) is 40.8 Å². The van der Waals surface area contributed by atoms with E-state index in [1.165, 1.54) is 22.2 Å². The number of allylic oxidation sites excluding steroid dienone is 1. The van der Waals surface area contributed by atoms with Crippen molar-refractivity contribution < 1.29 is 14.3 Å². The Balaban J connectivity index is 1.35. The number of rotatable bonds is 7. The number of aryl methyl sites for hydroxylation is 1. The Morgan fingerprint density at radius 1 is 1.41 bits per heavy atom. The van der Waals surface area contributed by atoms with Gasteiger partial charge in [0.25, 0.3) is 5.56 Å². The predicted octanol–water partition coefficient (Wildman–Crippen LogP) is 4.29. The lowest BCUT2D eigenvalue weighted by Crippen LogP contribution is -2.31. The second kappa shape index (κ2) is 9.46. The average Bonchev–Trinajstić information content (AvgIpc) is 3.43. The van der Waals surface area contributed by atoms with Gasteiger partial charge in [-0.05, 0) is 55.4 Å². The first kappa shape index (κ1) is 23.0. The molecule has 7 nitrogen and oxygen atoms in total. The standard InChI is InChI=1S/C25H27N3O4S2/c1-4-9-28-24(30)21-17-7-5-14(2)10-20(17)34-23(21)27-25(28)33-15(3)22(29)26-12-16-6-8-18-19(11-16)32-13-31-18/h4,6,8,11,14-15H,1,5,7,9-10,12-13H2,2-3H3,(H,26,29).